The van der Waals surface area contributed by atoms with Crippen LogP contribution in [0.15, 0.2) is 52.3 Å². The van der Waals surface area contributed by atoms with E-state index in [2.05, 4.69) is 4.99 Å². The molecule has 0 aliphatic heterocycles. The first-order chi connectivity index (χ1) is 13.8. The van der Waals surface area contributed by atoms with Gasteiger partial charge in [-0.3, -0.25) is 14.4 Å². The molecule has 146 valence electrons. The molecule has 3 rings (SSSR count). The number of aromatic hydroxyl groups is 1. The summed E-state index contributed by atoms with van der Waals surface area (Å²) in [5, 5.41) is 21.1. The zero-order valence-corrected chi connectivity index (χ0v) is 17.4. The first-order valence-electron chi connectivity index (χ1n) is 8.42. The number of rotatable bonds is 4. The first kappa shape index (κ1) is 20.9. The molecule has 0 unspecified atom stereocenters. The number of halogens is 3. The van der Waals surface area contributed by atoms with E-state index in [1.807, 2.05) is 36.4 Å². The van der Waals surface area contributed by atoms with Gasteiger partial charge < -0.3 is 5.11 Å². The van der Waals surface area contributed by atoms with Crippen LogP contribution in [0.25, 0.3) is 0 Å². The van der Waals surface area contributed by atoms with Gasteiger partial charge in [-0.05, 0) is 30.2 Å². The van der Waals surface area contributed by atoms with Gasteiger partial charge >= 0.3 is 0 Å². The van der Waals surface area contributed by atoms with Crippen molar-refractivity contribution in [3.63, 3.8) is 0 Å². The van der Waals surface area contributed by atoms with Crippen LogP contribution in [-0.2, 0) is 6.54 Å². The summed E-state index contributed by atoms with van der Waals surface area (Å²) in [6.07, 6.45) is 1.33. The van der Waals surface area contributed by atoms with Crippen LogP contribution in [-0.4, -0.2) is 15.9 Å². The van der Waals surface area contributed by atoms with Crippen LogP contribution in [0.1, 0.15) is 22.3 Å². The SMILES string of the molecule is Cc1c(C=Nc2c(Cl)cc(Cl)cc2Cl)c(O)n(Cc2ccccc2)c(=O)c1C#N. The van der Waals surface area contributed by atoms with Gasteiger partial charge in [0.05, 0.1) is 22.2 Å². The Bertz CT molecular complexity index is 1190. The number of hydrogen-bond donors (Lipinski definition) is 1. The molecule has 5 nitrogen and oxygen atoms in total. The van der Waals surface area contributed by atoms with Gasteiger partial charge in [0.2, 0.25) is 5.88 Å². The highest BCUT2D eigenvalue weighted by atomic mass is 35.5. The predicted octanol–water partition coefficient (Wildman–Crippen LogP) is 5.49. The molecule has 0 fully saturated rings. The summed E-state index contributed by atoms with van der Waals surface area (Å²) in [6.45, 7) is 1.67. The minimum Gasteiger partial charge on any atom is -0.494 e. The first-order valence-corrected chi connectivity index (χ1v) is 9.56. The molecular weight excluding hydrogens is 433 g/mol. The highest BCUT2D eigenvalue weighted by molar-refractivity contribution is 6.41. The van der Waals surface area contributed by atoms with E-state index in [1.165, 1.54) is 18.3 Å². The van der Waals surface area contributed by atoms with Crippen molar-refractivity contribution in [2.45, 2.75) is 13.5 Å². The monoisotopic (exact) mass is 445 g/mol. The largest absolute Gasteiger partial charge is 0.494 e. The maximum absolute atomic E-state index is 12.7. The summed E-state index contributed by atoms with van der Waals surface area (Å²) in [5.74, 6) is -0.305. The van der Waals surface area contributed by atoms with Gasteiger partial charge in [0.25, 0.3) is 5.56 Å². The Labute approximate surface area is 182 Å². The normalized spacial score (nSPS) is 11.0. The van der Waals surface area contributed by atoms with Crippen molar-refractivity contribution >= 4 is 46.7 Å². The molecule has 0 saturated heterocycles. The second-order valence-electron chi connectivity index (χ2n) is 6.20. The van der Waals surface area contributed by atoms with Gasteiger partial charge in [0.15, 0.2) is 0 Å². The average molecular weight is 447 g/mol. The second kappa shape index (κ2) is 8.71. The van der Waals surface area contributed by atoms with Crippen LogP contribution in [0.4, 0.5) is 5.69 Å². The number of nitriles is 1. The van der Waals surface area contributed by atoms with Crippen molar-refractivity contribution in [1.82, 2.24) is 4.57 Å². The molecule has 3 aromatic rings. The molecule has 0 radical (unpaired) electrons. The van der Waals surface area contributed by atoms with Crippen LogP contribution < -0.4 is 5.56 Å². The Kier molecular flexibility index (Phi) is 6.29. The van der Waals surface area contributed by atoms with Crippen molar-refractivity contribution in [3.8, 4) is 11.9 Å². The molecule has 29 heavy (non-hydrogen) atoms. The molecule has 0 amide bonds. The Morgan fingerprint density at radius 3 is 2.38 bits per heavy atom. The van der Waals surface area contributed by atoms with E-state index in [-0.39, 0.29) is 39.3 Å². The molecule has 2 aromatic carbocycles. The summed E-state index contributed by atoms with van der Waals surface area (Å²) in [5.41, 5.74) is 0.933. The van der Waals surface area contributed by atoms with Gasteiger partial charge in [-0.25, -0.2) is 0 Å². The van der Waals surface area contributed by atoms with Crippen molar-refractivity contribution < 1.29 is 5.11 Å². The van der Waals surface area contributed by atoms with Gasteiger partial charge in [-0.1, -0.05) is 65.1 Å². The van der Waals surface area contributed by atoms with E-state index in [4.69, 9.17) is 34.8 Å². The number of nitrogens with zero attached hydrogens (tertiary/aromatic N) is 3. The molecule has 0 aliphatic carbocycles. The number of hydrogen-bond acceptors (Lipinski definition) is 4. The Morgan fingerprint density at radius 2 is 1.79 bits per heavy atom. The van der Waals surface area contributed by atoms with Crippen molar-refractivity contribution in [2.75, 3.05) is 0 Å². The number of benzene rings is 2. The third kappa shape index (κ3) is 4.30. The van der Waals surface area contributed by atoms with Crippen LogP contribution in [0.3, 0.4) is 0 Å². The minimum atomic E-state index is -0.578. The van der Waals surface area contributed by atoms with Crippen molar-refractivity contribution in [2.24, 2.45) is 4.99 Å². The summed E-state index contributed by atoms with van der Waals surface area (Å²) in [4.78, 5) is 17.0. The Balaban J connectivity index is 2.16. The molecular formula is C21H14Cl3N3O2. The van der Waals surface area contributed by atoms with E-state index >= 15 is 0 Å². The molecule has 0 aliphatic rings. The lowest BCUT2D eigenvalue weighted by Crippen LogP contribution is -2.25. The summed E-state index contributed by atoms with van der Waals surface area (Å²) in [7, 11) is 0. The minimum absolute atomic E-state index is 0.0755. The molecule has 0 bridgehead atoms. The fourth-order valence-corrected chi connectivity index (χ4v) is 3.74. The predicted molar refractivity (Wildman–Crippen MR) is 116 cm³/mol. The van der Waals surface area contributed by atoms with Crippen LogP contribution in [0.2, 0.25) is 15.1 Å². The third-order valence-electron chi connectivity index (χ3n) is 4.33. The van der Waals surface area contributed by atoms with Gasteiger partial charge in [0, 0.05) is 11.2 Å². The smallest absolute Gasteiger partial charge is 0.271 e. The molecule has 1 heterocycles. The van der Waals surface area contributed by atoms with E-state index in [0.29, 0.717) is 10.6 Å². The molecule has 1 N–H and O–H groups in total. The summed E-state index contributed by atoms with van der Waals surface area (Å²) < 4.78 is 1.13. The van der Waals surface area contributed by atoms with E-state index < -0.39 is 5.56 Å². The maximum Gasteiger partial charge on any atom is 0.271 e. The third-order valence-corrected chi connectivity index (χ3v) is 5.13. The van der Waals surface area contributed by atoms with Crippen LogP contribution in [0.5, 0.6) is 5.88 Å². The summed E-state index contributed by atoms with van der Waals surface area (Å²) >= 11 is 18.2. The molecule has 1 aromatic heterocycles. The van der Waals surface area contributed by atoms with Crippen LogP contribution in [0, 0.1) is 18.3 Å². The van der Waals surface area contributed by atoms with Crippen LogP contribution >= 0.6 is 34.8 Å². The molecule has 8 heteroatoms. The fraction of sp³-hybridized carbons (Fsp3) is 0.0952. The lowest BCUT2D eigenvalue weighted by molar-refractivity contribution is 0.413. The second-order valence-corrected chi connectivity index (χ2v) is 7.45. The molecule has 0 spiro atoms. The Hall–Kier alpha value is -2.78. The van der Waals surface area contributed by atoms with E-state index in [1.54, 1.807) is 6.92 Å². The number of aromatic nitrogens is 1. The highest BCUT2D eigenvalue weighted by Crippen LogP contribution is 2.36. The lowest BCUT2D eigenvalue weighted by Gasteiger charge is -2.14. The lowest BCUT2D eigenvalue weighted by atomic mass is 10.1. The Morgan fingerprint density at radius 1 is 1.17 bits per heavy atom. The topological polar surface area (TPSA) is 78.4 Å². The zero-order valence-electron chi connectivity index (χ0n) is 15.2. The maximum atomic E-state index is 12.7. The molecule has 0 saturated carbocycles. The summed E-state index contributed by atoms with van der Waals surface area (Å²) in [6, 6.07) is 14.0. The number of aliphatic imine (C=N–C) groups is 1. The number of pyridine rings is 1. The zero-order chi connectivity index (χ0) is 21.1. The van der Waals surface area contributed by atoms with Crippen molar-refractivity contribution in [1.29, 1.82) is 5.26 Å². The molecule has 0 atom stereocenters. The fourth-order valence-electron chi connectivity index (χ4n) is 2.83. The van der Waals surface area contributed by atoms with Gasteiger partial charge in [-0.15, -0.1) is 0 Å². The van der Waals surface area contributed by atoms with Gasteiger partial charge in [-0.2, -0.15) is 5.26 Å². The quantitative estimate of drug-likeness (QED) is 0.538. The van der Waals surface area contributed by atoms with E-state index in [0.717, 1.165) is 10.1 Å². The van der Waals surface area contributed by atoms with E-state index in [9.17, 15) is 15.2 Å². The highest BCUT2D eigenvalue weighted by Gasteiger charge is 2.18. The van der Waals surface area contributed by atoms with Crippen molar-refractivity contribution in [3.05, 3.63) is 90.1 Å². The standard InChI is InChI=1S/C21H14Cl3N3O2/c1-12-15(9-25)20(28)27(11-13-5-3-2-4-6-13)21(29)16(12)10-26-19-17(23)7-14(22)8-18(19)24/h2-8,10,29H,11H2,1H3. The van der Waals surface area contributed by atoms with Gasteiger partial charge in [0.1, 0.15) is 17.3 Å². The average Bonchev–Trinajstić information content (AvgIpc) is 2.68.